The molecular weight excluding hydrogens is 552 g/mol. The molecule has 0 aromatic carbocycles. The molecule has 0 aliphatic carbocycles. The second-order valence-electron chi connectivity index (χ2n) is 9.33. The van der Waals surface area contributed by atoms with E-state index < -0.39 is 47.8 Å². The van der Waals surface area contributed by atoms with Crippen molar-refractivity contribution in [2.75, 3.05) is 19.6 Å². The zero-order valence-corrected chi connectivity index (χ0v) is 23.7. The molecule has 19 nitrogen and oxygen atoms in total. The van der Waals surface area contributed by atoms with Crippen LogP contribution in [0.1, 0.15) is 51.4 Å². The van der Waals surface area contributed by atoms with Crippen molar-refractivity contribution < 1.29 is 24.0 Å². The first kappa shape index (κ1) is 37.3. The summed E-state index contributed by atoms with van der Waals surface area (Å²) < 4.78 is 0. The molecule has 19 heteroatoms. The number of nitrogens with two attached hydrogens (primary N) is 8. The lowest BCUT2D eigenvalue weighted by atomic mass is 10.1. The Kier molecular flexibility index (Phi) is 18.8. The lowest BCUT2D eigenvalue weighted by Gasteiger charge is -2.25. The van der Waals surface area contributed by atoms with E-state index >= 15 is 0 Å². The number of rotatable bonds is 22. The number of aliphatic imine (C=N–C) groups is 3. The minimum Gasteiger partial charge on any atom is -0.370 e. The van der Waals surface area contributed by atoms with Gasteiger partial charge in [-0.25, -0.2) is 0 Å². The smallest absolute Gasteiger partial charge is 0.243 e. The fourth-order valence-corrected chi connectivity index (χ4v) is 3.51. The maximum atomic E-state index is 13.3. The molecule has 0 saturated heterocycles. The first-order valence-electron chi connectivity index (χ1n) is 13.3. The minimum atomic E-state index is -1.25. The molecule has 0 unspecified atom stereocenters. The maximum Gasteiger partial charge on any atom is 0.243 e. The fraction of sp³-hybridized carbons (Fsp3) is 0.652. The summed E-state index contributed by atoms with van der Waals surface area (Å²) in [5.74, 6) is -3.14. The third-order valence-corrected chi connectivity index (χ3v) is 5.65. The van der Waals surface area contributed by atoms with E-state index in [9.17, 15) is 24.0 Å². The normalized spacial score (nSPS) is 13.3. The Morgan fingerprint density at radius 2 is 1.02 bits per heavy atom. The predicted octanol–water partition coefficient (Wildman–Crippen LogP) is -5.61. The molecular formula is C23H46N14O5. The van der Waals surface area contributed by atoms with Crippen molar-refractivity contribution in [3.8, 4) is 0 Å². The Hall–Kier alpha value is -4.68. The number of amides is 4. The van der Waals surface area contributed by atoms with E-state index in [0.717, 1.165) is 0 Å². The van der Waals surface area contributed by atoms with Gasteiger partial charge in [-0.3, -0.25) is 34.2 Å². The molecule has 0 rings (SSSR count). The number of carbonyl (C=O) groups is 5. The number of aldehydes is 1. The highest BCUT2D eigenvalue weighted by Gasteiger charge is 2.29. The molecule has 0 spiro atoms. The van der Waals surface area contributed by atoms with Crippen LogP contribution in [0.2, 0.25) is 0 Å². The summed E-state index contributed by atoms with van der Waals surface area (Å²) >= 11 is 0. The molecule has 4 atom stereocenters. The van der Waals surface area contributed by atoms with E-state index in [1.54, 1.807) is 0 Å². The number of primary amides is 1. The van der Waals surface area contributed by atoms with E-state index in [0.29, 0.717) is 19.1 Å². The molecule has 0 aliphatic rings. The van der Waals surface area contributed by atoms with E-state index in [1.165, 1.54) is 0 Å². The third kappa shape index (κ3) is 18.6. The number of carbonyl (C=O) groups excluding carboxylic acids is 5. The van der Waals surface area contributed by atoms with Crippen molar-refractivity contribution in [1.82, 2.24) is 16.0 Å². The Morgan fingerprint density at radius 1 is 0.595 bits per heavy atom. The van der Waals surface area contributed by atoms with Gasteiger partial charge in [0.1, 0.15) is 18.4 Å². The molecule has 19 N–H and O–H groups in total. The van der Waals surface area contributed by atoms with Crippen molar-refractivity contribution in [3.63, 3.8) is 0 Å². The number of nitrogens with zero attached hydrogens (tertiary/aromatic N) is 3. The van der Waals surface area contributed by atoms with Crippen LogP contribution in [0.15, 0.2) is 15.0 Å². The molecule has 0 aliphatic heterocycles. The number of nitrogens with one attached hydrogen (secondary N) is 3. The van der Waals surface area contributed by atoms with Gasteiger partial charge in [-0.2, -0.15) is 0 Å². The standard InChI is InChI=1S/C23H46N14O5/c24-14(5-2-10-33-22(28)29)18(40)36-15(6-3-11-34-23(30)31)20(42)37-16(7-8-17(25)39)19(41)35-13(12-38)4-1-9-32-21(26)27/h12-16H,1-11,24H2,(H2,25,39)(H,35,41)(H,36,40)(H,37,42)(H4,26,27,32)(H4,28,29,33)(H4,30,31,34)/t13-,14-,15-,16-/m1/s1. The first-order valence-corrected chi connectivity index (χ1v) is 13.3. The van der Waals surface area contributed by atoms with E-state index in [4.69, 9.17) is 45.9 Å². The highest BCUT2D eigenvalue weighted by Crippen LogP contribution is 2.06. The molecule has 42 heavy (non-hydrogen) atoms. The van der Waals surface area contributed by atoms with E-state index in [2.05, 4.69) is 30.9 Å². The van der Waals surface area contributed by atoms with Crippen LogP contribution >= 0.6 is 0 Å². The summed E-state index contributed by atoms with van der Waals surface area (Å²) in [7, 11) is 0. The Morgan fingerprint density at radius 3 is 1.50 bits per heavy atom. The summed E-state index contributed by atoms with van der Waals surface area (Å²) in [6.07, 6.45) is 1.74. The van der Waals surface area contributed by atoms with Crippen molar-refractivity contribution in [2.24, 2.45) is 60.8 Å². The minimum absolute atomic E-state index is 0.0843. The van der Waals surface area contributed by atoms with Crippen LogP contribution in [0.25, 0.3) is 0 Å². The molecule has 0 heterocycles. The SMILES string of the molecule is NC(=O)CC[C@@H](NC(=O)[C@@H](CCCN=C(N)N)NC(=O)[C@H](N)CCCN=C(N)N)C(=O)N[C@@H](C=O)CCCN=C(N)N. The lowest BCUT2D eigenvalue weighted by Crippen LogP contribution is -2.56. The van der Waals surface area contributed by atoms with Gasteiger partial charge in [0.05, 0.1) is 12.1 Å². The Bertz CT molecular complexity index is 975. The van der Waals surface area contributed by atoms with E-state index in [1.807, 2.05) is 0 Å². The summed E-state index contributed by atoms with van der Waals surface area (Å²) in [6.45, 7) is 0.666. The monoisotopic (exact) mass is 598 g/mol. The molecule has 0 bridgehead atoms. The predicted molar refractivity (Wildman–Crippen MR) is 158 cm³/mol. The number of hydrogen-bond donors (Lipinski definition) is 11. The molecule has 0 radical (unpaired) electrons. The van der Waals surface area contributed by atoms with Crippen LogP contribution in [0, 0.1) is 0 Å². The van der Waals surface area contributed by atoms with Crippen LogP contribution in [-0.2, 0) is 24.0 Å². The Balaban J connectivity index is 5.57. The fourth-order valence-electron chi connectivity index (χ4n) is 3.51. The highest BCUT2D eigenvalue weighted by molar-refractivity contribution is 5.93. The molecule has 238 valence electrons. The Labute approximate surface area is 244 Å². The van der Waals surface area contributed by atoms with Gasteiger partial charge in [0.2, 0.25) is 23.6 Å². The first-order chi connectivity index (χ1) is 19.8. The van der Waals surface area contributed by atoms with Crippen LogP contribution in [-0.4, -0.2) is 91.6 Å². The van der Waals surface area contributed by atoms with Gasteiger partial charge < -0.3 is 66.6 Å². The molecule has 0 saturated carbocycles. The summed E-state index contributed by atoms with van der Waals surface area (Å²) in [5, 5.41) is 7.62. The lowest BCUT2D eigenvalue weighted by molar-refractivity contribution is -0.133. The maximum absolute atomic E-state index is 13.3. The van der Waals surface area contributed by atoms with Crippen LogP contribution < -0.4 is 61.8 Å². The van der Waals surface area contributed by atoms with Gasteiger partial charge in [-0.05, 0) is 44.9 Å². The summed E-state index contributed by atoms with van der Waals surface area (Å²) in [5.41, 5.74) is 43.0. The third-order valence-electron chi connectivity index (χ3n) is 5.65. The molecule has 0 aromatic rings. The van der Waals surface area contributed by atoms with E-state index in [-0.39, 0.29) is 76.0 Å². The van der Waals surface area contributed by atoms with Crippen molar-refractivity contribution in [2.45, 2.75) is 75.5 Å². The zero-order chi connectivity index (χ0) is 32.1. The highest BCUT2D eigenvalue weighted by atomic mass is 16.2. The average molecular weight is 599 g/mol. The summed E-state index contributed by atoms with van der Waals surface area (Å²) in [4.78, 5) is 73.4. The second-order valence-corrected chi connectivity index (χ2v) is 9.33. The van der Waals surface area contributed by atoms with Crippen molar-refractivity contribution >= 4 is 47.8 Å². The van der Waals surface area contributed by atoms with Gasteiger partial charge >= 0.3 is 0 Å². The van der Waals surface area contributed by atoms with Crippen molar-refractivity contribution in [3.05, 3.63) is 0 Å². The molecule has 0 aromatic heterocycles. The van der Waals surface area contributed by atoms with Gasteiger partial charge in [-0.15, -0.1) is 0 Å². The van der Waals surface area contributed by atoms with Gasteiger partial charge in [0.15, 0.2) is 17.9 Å². The molecule has 4 amide bonds. The quantitative estimate of drug-likeness (QED) is 0.0240. The second kappa shape index (κ2) is 21.1. The van der Waals surface area contributed by atoms with Crippen LogP contribution in [0.3, 0.4) is 0 Å². The largest absolute Gasteiger partial charge is 0.370 e. The van der Waals surface area contributed by atoms with Crippen LogP contribution in [0.4, 0.5) is 0 Å². The number of guanidine groups is 3. The number of hydrogen-bond acceptors (Lipinski definition) is 9. The zero-order valence-electron chi connectivity index (χ0n) is 23.7. The van der Waals surface area contributed by atoms with Gasteiger partial charge in [0, 0.05) is 26.1 Å². The van der Waals surface area contributed by atoms with Gasteiger partial charge in [-0.1, -0.05) is 0 Å². The van der Waals surface area contributed by atoms with Crippen LogP contribution in [0.5, 0.6) is 0 Å². The topological polar surface area (TPSA) is 367 Å². The van der Waals surface area contributed by atoms with Gasteiger partial charge in [0.25, 0.3) is 0 Å². The average Bonchev–Trinajstić information content (AvgIpc) is 2.91. The molecule has 0 fully saturated rings. The summed E-state index contributed by atoms with van der Waals surface area (Å²) in [6, 6.07) is -4.28. The van der Waals surface area contributed by atoms with Crippen molar-refractivity contribution in [1.29, 1.82) is 0 Å².